The van der Waals surface area contributed by atoms with Crippen molar-refractivity contribution in [3.63, 3.8) is 0 Å². The van der Waals surface area contributed by atoms with Crippen LogP contribution in [0.5, 0.6) is 5.75 Å². The summed E-state index contributed by atoms with van der Waals surface area (Å²) in [5, 5.41) is 20.5. The summed E-state index contributed by atoms with van der Waals surface area (Å²) in [4.78, 5) is 54.1. The van der Waals surface area contributed by atoms with E-state index < -0.39 is 23.6 Å². The second-order valence-corrected chi connectivity index (χ2v) is 24.6. The van der Waals surface area contributed by atoms with Gasteiger partial charge in [0, 0.05) is 126 Å². The monoisotopic (exact) mass is 1170 g/mol. The molecule has 4 N–H and O–H groups in total. The van der Waals surface area contributed by atoms with Gasteiger partial charge in [-0.15, -0.1) is 11.3 Å². The van der Waals surface area contributed by atoms with Crippen LogP contribution < -0.4 is 20.7 Å². The minimum Gasteiger partial charge on any atom is -0.492 e. The first kappa shape index (κ1) is 60.9. The minimum atomic E-state index is -0.814. The molecule has 84 heavy (non-hydrogen) atoms. The Hall–Kier alpha value is -6.17. The van der Waals surface area contributed by atoms with Crippen LogP contribution in [-0.2, 0) is 48.3 Å². The van der Waals surface area contributed by atoms with Gasteiger partial charge in [-0.1, -0.05) is 82.0 Å². The summed E-state index contributed by atoms with van der Waals surface area (Å²) in [6.07, 6.45) is 6.57. The molecule has 4 saturated heterocycles. The van der Waals surface area contributed by atoms with Crippen molar-refractivity contribution in [2.24, 2.45) is 5.41 Å². The topological polar surface area (TPSA) is 191 Å². The van der Waals surface area contributed by atoms with Crippen molar-refractivity contribution in [1.82, 2.24) is 50.1 Å². The highest BCUT2D eigenvalue weighted by Gasteiger charge is 2.44. The number of amides is 2. The lowest BCUT2D eigenvalue weighted by Crippen LogP contribution is -2.57. The van der Waals surface area contributed by atoms with E-state index >= 15 is 0 Å². The predicted molar refractivity (Wildman–Crippen MR) is 327 cm³/mol. The molecule has 450 valence electrons. The predicted octanol–water partition coefficient (Wildman–Crippen LogP) is 6.51. The van der Waals surface area contributed by atoms with E-state index in [1.807, 2.05) is 69.6 Å². The first-order valence-corrected chi connectivity index (χ1v) is 30.7. The van der Waals surface area contributed by atoms with E-state index in [0.717, 1.165) is 141 Å². The first-order valence-electron chi connectivity index (χ1n) is 29.8. The number of hydrogen-bond acceptors (Lipinski definition) is 18. The van der Waals surface area contributed by atoms with E-state index in [1.165, 1.54) is 0 Å². The maximum Gasteiger partial charge on any atom is 0.246 e. The molecule has 19 nitrogen and oxygen atoms in total. The summed E-state index contributed by atoms with van der Waals surface area (Å²) in [5.41, 5.74) is 9.87. The zero-order valence-corrected chi connectivity index (χ0v) is 50.2. The average Bonchev–Trinajstić information content (AvgIpc) is 4.25. The molecule has 5 aliphatic rings. The van der Waals surface area contributed by atoms with Gasteiger partial charge in [-0.2, -0.15) is 0 Å². The summed E-state index contributed by atoms with van der Waals surface area (Å²) >= 11 is 1.62. The van der Waals surface area contributed by atoms with Gasteiger partial charge >= 0.3 is 0 Å². The van der Waals surface area contributed by atoms with Crippen LogP contribution in [0.4, 0.5) is 11.6 Å². The number of carbonyl (C=O) groups is 2. The van der Waals surface area contributed by atoms with Crippen molar-refractivity contribution in [3.8, 4) is 27.4 Å². The smallest absolute Gasteiger partial charge is 0.246 e. The number of carbonyl (C=O) groups excluding carboxylic acids is 2. The van der Waals surface area contributed by atoms with E-state index in [0.29, 0.717) is 76.3 Å². The molecule has 8 bridgehead atoms. The molecule has 0 saturated carbocycles. The number of aromatic nitrogens is 3. The van der Waals surface area contributed by atoms with Crippen LogP contribution in [0.2, 0.25) is 0 Å². The van der Waals surface area contributed by atoms with Crippen molar-refractivity contribution < 1.29 is 38.4 Å². The standard InChI is InChI=1S/C64H85N11O8S/c1-45(66-37-47-11-13-49(14-12-47)60-46(2)67-44-84-60)57-36-55(76)40-75(57)62(78)61(64(3,4)5)70-59(77)43-82-31-26-74-39-53-35-54(74)38-73(53)25-30-79-29-23-71-19-21-72(22-20-71)24-32-83-58-16-15-52-34-51(58)42-81-28-7-6-27-80-41-48-9-8-10-50(33-48)56-17-18-65-63(68-52)69-56/h6-18,33-34,44,53-55,57,61,66,76H,1,19-32,35-43H2,2-5H3,(H,70,77)(H,65,68,69)/b7-6+/t53-,54-,55+,57-,61+/m0/s1. The number of nitrogens with one attached hydrogen (secondary N) is 3. The third-order valence-electron chi connectivity index (χ3n) is 16.6. The molecule has 0 radical (unpaired) electrons. The van der Waals surface area contributed by atoms with Crippen molar-refractivity contribution in [1.29, 1.82) is 0 Å². The van der Waals surface area contributed by atoms with Gasteiger partial charge in [0.2, 0.25) is 17.8 Å². The molecule has 4 fully saturated rings. The highest BCUT2D eigenvalue weighted by atomic mass is 32.1. The van der Waals surface area contributed by atoms with E-state index in [9.17, 15) is 14.7 Å². The molecular weight excluding hydrogens is 1080 g/mol. The number of fused-ring (bicyclic) bond motifs is 9. The lowest BCUT2D eigenvalue weighted by Gasteiger charge is -2.36. The van der Waals surface area contributed by atoms with Gasteiger partial charge in [0.25, 0.3) is 0 Å². The lowest BCUT2D eigenvalue weighted by atomic mass is 9.85. The number of rotatable bonds is 22. The minimum absolute atomic E-state index is 0.135. The number of aliphatic hydroxyl groups excluding tert-OH is 1. The highest BCUT2D eigenvalue weighted by Crippen LogP contribution is 2.33. The SMILES string of the molecule is C=C(NCc1ccc(-c2scnc2C)cc1)[C@@H]1C[C@@H](O)CN1C(=O)[C@@H](NC(=O)COCCN1C[C@@H]2C[C@H]1CN2CCOCCN1CCN(CCOc2ccc3cc2COC/C=C/COCc2cccc(c2)-c2ccnc(n2)N3)CC1)C(C)(C)C. The number of aryl methyl sites for hydroxylation is 1. The Balaban J connectivity index is 0.581. The number of β-amino-alcohol motifs (C(OH)–C–C–N with tert-alkyl or cyclic N) is 1. The van der Waals surface area contributed by atoms with Crippen molar-refractivity contribution >= 4 is 34.8 Å². The molecule has 3 aromatic carbocycles. The Kier molecular flexibility index (Phi) is 21.2. The molecular formula is C64H85N11O8S. The number of anilines is 2. The average molecular weight is 1170 g/mol. The third-order valence-corrected chi connectivity index (χ3v) is 17.6. The molecule has 0 unspecified atom stereocenters. The zero-order chi connectivity index (χ0) is 58.4. The van der Waals surface area contributed by atoms with Crippen LogP contribution in [0, 0.1) is 12.3 Å². The Morgan fingerprint density at radius 1 is 0.821 bits per heavy atom. The van der Waals surface area contributed by atoms with Crippen molar-refractivity contribution in [2.45, 2.75) is 90.6 Å². The Morgan fingerprint density at radius 3 is 2.25 bits per heavy atom. The third kappa shape index (κ3) is 16.6. The van der Waals surface area contributed by atoms with Gasteiger partial charge in [-0.3, -0.25) is 29.2 Å². The number of hydrogen-bond donors (Lipinski definition) is 4. The fraction of sp³-hybridized carbons (Fsp3) is 0.516. The molecule has 2 amide bonds. The molecule has 5 aromatic rings. The van der Waals surface area contributed by atoms with E-state index in [2.05, 4.69) is 101 Å². The van der Waals surface area contributed by atoms with Crippen LogP contribution in [0.25, 0.3) is 21.7 Å². The molecule has 5 aliphatic heterocycles. The summed E-state index contributed by atoms with van der Waals surface area (Å²) in [6.45, 7) is 26.4. The molecule has 0 aliphatic carbocycles. The van der Waals surface area contributed by atoms with Crippen LogP contribution in [0.3, 0.4) is 0 Å². The van der Waals surface area contributed by atoms with Crippen LogP contribution in [-0.4, -0.2) is 205 Å². The Labute approximate surface area is 499 Å². The van der Waals surface area contributed by atoms with Gasteiger partial charge in [-0.05, 0) is 65.8 Å². The summed E-state index contributed by atoms with van der Waals surface area (Å²) in [6, 6.07) is 24.3. The molecule has 5 atom stereocenters. The summed E-state index contributed by atoms with van der Waals surface area (Å²) in [5.74, 6) is 0.744. The number of benzene rings is 3. The number of piperazine rings is 2. The Morgan fingerprint density at radius 2 is 1.54 bits per heavy atom. The van der Waals surface area contributed by atoms with Crippen LogP contribution >= 0.6 is 11.3 Å². The highest BCUT2D eigenvalue weighted by molar-refractivity contribution is 7.13. The van der Waals surface area contributed by atoms with Gasteiger partial charge in [0.05, 0.1) is 80.2 Å². The van der Waals surface area contributed by atoms with Crippen LogP contribution in [0.15, 0.2) is 109 Å². The number of ether oxygens (including phenoxy) is 5. The van der Waals surface area contributed by atoms with Gasteiger partial charge in [0.1, 0.15) is 25.0 Å². The van der Waals surface area contributed by atoms with Crippen molar-refractivity contribution in [2.75, 3.05) is 124 Å². The fourth-order valence-electron chi connectivity index (χ4n) is 11.9. The van der Waals surface area contributed by atoms with E-state index in [4.69, 9.17) is 28.7 Å². The van der Waals surface area contributed by atoms with Crippen molar-refractivity contribution in [3.05, 3.63) is 131 Å². The van der Waals surface area contributed by atoms with Gasteiger partial charge in [0.15, 0.2) is 0 Å². The number of nitrogens with zero attached hydrogens (tertiary/aromatic N) is 8. The quantitative estimate of drug-likeness (QED) is 0.0433. The number of thiazole rings is 1. The van der Waals surface area contributed by atoms with E-state index in [1.54, 1.807) is 22.4 Å². The van der Waals surface area contributed by atoms with E-state index in [-0.39, 0.29) is 25.0 Å². The second-order valence-electron chi connectivity index (χ2n) is 23.8. The molecule has 20 heteroatoms. The molecule has 0 spiro atoms. The maximum atomic E-state index is 14.2. The second kappa shape index (κ2) is 29.3. The summed E-state index contributed by atoms with van der Waals surface area (Å²) < 4.78 is 30.5. The van der Waals surface area contributed by atoms with Gasteiger partial charge in [-0.25, -0.2) is 15.0 Å². The van der Waals surface area contributed by atoms with Crippen LogP contribution in [0.1, 0.15) is 56.0 Å². The lowest BCUT2D eigenvalue weighted by molar-refractivity contribution is -0.141. The Bertz CT molecular complexity index is 3000. The molecule has 10 rings (SSSR count). The molecule has 7 heterocycles. The summed E-state index contributed by atoms with van der Waals surface area (Å²) in [7, 11) is 0. The normalized spacial score (nSPS) is 21.6. The zero-order valence-electron chi connectivity index (χ0n) is 49.4. The largest absolute Gasteiger partial charge is 0.492 e. The molecule has 2 aromatic heterocycles. The fourth-order valence-corrected chi connectivity index (χ4v) is 12.7. The maximum absolute atomic E-state index is 14.2. The number of aliphatic hydroxyl groups is 1. The number of likely N-dealkylation sites (tertiary alicyclic amines) is 3. The first-order chi connectivity index (χ1) is 40.8. The van der Waals surface area contributed by atoms with Gasteiger partial charge < -0.3 is 49.6 Å².